The molecule has 56 valence electrons. The number of benzene rings is 1. The molecule has 0 bridgehead atoms. The van der Waals surface area contributed by atoms with Crippen LogP contribution in [0.5, 0.6) is 0 Å². The molecule has 0 aliphatic carbocycles. The first kappa shape index (κ1) is 9.03. The van der Waals surface area contributed by atoms with Gasteiger partial charge in [-0.3, -0.25) is 0 Å². The van der Waals surface area contributed by atoms with Gasteiger partial charge in [0.1, 0.15) is 0 Å². The molecule has 1 aromatic rings. The van der Waals surface area contributed by atoms with Crippen molar-refractivity contribution in [1.29, 1.82) is 0 Å². The first-order valence-corrected chi connectivity index (χ1v) is 7.55. The third-order valence-electron chi connectivity index (χ3n) is 1.29. The van der Waals surface area contributed by atoms with Crippen LogP contribution in [0.25, 0.3) is 0 Å². The second-order valence-corrected chi connectivity index (χ2v) is 7.28. The van der Waals surface area contributed by atoms with Crippen LogP contribution in [-0.4, -0.2) is 6.16 Å². The number of hydrogen-bond acceptors (Lipinski definition) is 0. The SMILES string of the molecule is CC[P]([Tb])c1ccccc1. The van der Waals surface area contributed by atoms with E-state index in [-0.39, 0.29) is 3.19 Å². The number of hydrogen-bond donors (Lipinski definition) is 0. The van der Waals surface area contributed by atoms with Crippen molar-refractivity contribution < 1.29 is 35.9 Å². The van der Waals surface area contributed by atoms with E-state index >= 15 is 0 Å². The Labute approximate surface area is 86.9 Å². The van der Waals surface area contributed by atoms with Crippen molar-refractivity contribution in [1.82, 2.24) is 0 Å². The van der Waals surface area contributed by atoms with Crippen LogP contribution < -0.4 is 5.30 Å². The Hall–Kier alpha value is 0.936. The van der Waals surface area contributed by atoms with Gasteiger partial charge < -0.3 is 0 Å². The maximum absolute atomic E-state index is 2.32. The Morgan fingerprint density at radius 3 is 2.40 bits per heavy atom. The summed E-state index contributed by atoms with van der Waals surface area (Å²) in [5.41, 5.74) is 0. The second kappa shape index (κ2) is 4.74. The average molecular weight is 296 g/mol. The predicted molar refractivity (Wildman–Crippen MR) is 43.5 cm³/mol. The van der Waals surface area contributed by atoms with Crippen LogP contribution in [0.15, 0.2) is 30.3 Å². The van der Waals surface area contributed by atoms with Gasteiger partial charge in [-0.25, -0.2) is 0 Å². The Morgan fingerprint density at radius 1 is 1.30 bits per heavy atom. The van der Waals surface area contributed by atoms with E-state index in [2.05, 4.69) is 73.1 Å². The molecule has 0 spiro atoms. The summed E-state index contributed by atoms with van der Waals surface area (Å²) >= 11 is 2.32. The summed E-state index contributed by atoms with van der Waals surface area (Å²) in [6.45, 7) is 2.25. The van der Waals surface area contributed by atoms with Gasteiger partial charge in [-0.2, -0.15) is 0 Å². The van der Waals surface area contributed by atoms with Crippen molar-refractivity contribution >= 4 is 8.49 Å². The van der Waals surface area contributed by atoms with Gasteiger partial charge in [-0.1, -0.05) is 0 Å². The third-order valence-corrected chi connectivity index (χ3v) is 6.34. The zero-order valence-electron chi connectivity index (χ0n) is 5.87. The molecule has 1 atom stereocenters. The van der Waals surface area contributed by atoms with E-state index in [1.165, 1.54) is 11.5 Å². The summed E-state index contributed by atoms with van der Waals surface area (Å²) in [7, 11) is 0. The minimum absolute atomic E-state index is 0.127. The zero-order chi connectivity index (χ0) is 7.40. The second-order valence-electron chi connectivity index (χ2n) is 1.99. The minimum atomic E-state index is 0.127. The van der Waals surface area contributed by atoms with Crippen molar-refractivity contribution in [3.63, 3.8) is 0 Å². The van der Waals surface area contributed by atoms with Gasteiger partial charge in [0.2, 0.25) is 0 Å². The summed E-state index contributed by atoms with van der Waals surface area (Å²) in [4.78, 5) is 0. The first-order chi connectivity index (χ1) is 4.84. The van der Waals surface area contributed by atoms with Crippen LogP contribution in [-0.2, 0) is 0 Å². The summed E-state index contributed by atoms with van der Waals surface area (Å²) in [5.74, 6) is 0. The molecule has 1 rings (SSSR count). The van der Waals surface area contributed by atoms with Crippen LogP contribution in [0, 0.1) is 35.9 Å². The van der Waals surface area contributed by atoms with Gasteiger partial charge in [0.05, 0.1) is 0 Å². The van der Waals surface area contributed by atoms with Crippen molar-refractivity contribution in [3.8, 4) is 0 Å². The van der Waals surface area contributed by atoms with Crippen LogP contribution in [0.3, 0.4) is 0 Å². The monoisotopic (exact) mass is 296 g/mol. The maximum atomic E-state index is 2.32. The molecule has 10 heavy (non-hydrogen) atoms. The molecule has 2 heteroatoms. The summed E-state index contributed by atoms with van der Waals surface area (Å²) in [6.07, 6.45) is 1.29. The summed E-state index contributed by atoms with van der Waals surface area (Å²) in [6, 6.07) is 10.7. The fraction of sp³-hybridized carbons (Fsp3) is 0.250. The van der Waals surface area contributed by atoms with Gasteiger partial charge in [-0.05, 0) is 0 Å². The van der Waals surface area contributed by atoms with Gasteiger partial charge in [0, 0.05) is 0 Å². The van der Waals surface area contributed by atoms with E-state index < -0.39 is 0 Å². The van der Waals surface area contributed by atoms with E-state index in [1.54, 1.807) is 0 Å². The Balaban J connectivity index is 2.75. The zero-order valence-corrected chi connectivity index (χ0v) is 8.91. The fourth-order valence-corrected chi connectivity index (χ4v) is 2.57. The molecule has 0 aliphatic rings. The molecule has 0 aromatic heterocycles. The van der Waals surface area contributed by atoms with Crippen LogP contribution in [0.1, 0.15) is 6.92 Å². The third kappa shape index (κ3) is 2.52. The predicted octanol–water partition coefficient (Wildman–Crippen LogP) is 2.28. The van der Waals surface area contributed by atoms with Crippen LogP contribution in [0.2, 0.25) is 0 Å². The number of rotatable bonds is 2. The summed E-state index contributed by atoms with van der Waals surface area (Å²) in [5, 5.41) is 1.51. The van der Waals surface area contributed by atoms with Gasteiger partial charge in [0.15, 0.2) is 0 Å². The molecule has 0 N–H and O–H groups in total. The average Bonchev–Trinajstić information content (AvgIpc) is 2.05. The van der Waals surface area contributed by atoms with E-state index in [1.807, 2.05) is 0 Å². The van der Waals surface area contributed by atoms with E-state index in [9.17, 15) is 0 Å². The molecule has 0 aliphatic heterocycles. The van der Waals surface area contributed by atoms with Crippen LogP contribution >= 0.6 is 3.19 Å². The van der Waals surface area contributed by atoms with Crippen molar-refractivity contribution in [2.24, 2.45) is 0 Å². The summed E-state index contributed by atoms with van der Waals surface area (Å²) < 4.78 is 0.127. The molecular formula is C8H10PTb. The van der Waals surface area contributed by atoms with Gasteiger partial charge in [0.25, 0.3) is 0 Å². The molecule has 0 nitrogen and oxygen atoms in total. The molecule has 0 saturated heterocycles. The van der Waals surface area contributed by atoms with Gasteiger partial charge >= 0.3 is 87.8 Å². The quantitative estimate of drug-likeness (QED) is 0.735. The molecule has 1 unspecified atom stereocenters. The molecular weight excluding hydrogens is 286 g/mol. The molecule has 0 radical (unpaired) electrons. The Morgan fingerprint density at radius 2 is 1.90 bits per heavy atom. The van der Waals surface area contributed by atoms with E-state index in [4.69, 9.17) is 0 Å². The van der Waals surface area contributed by atoms with E-state index in [0.29, 0.717) is 0 Å². The van der Waals surface area contributed by atoms with Gasteiger partial charge in [-0.15, -0.1) is 0 Å². The molecule has 0 saturated carbocycles. The molecule has 1 aromatic carbocycles. The van der Waals surface area contributed by atoms with Crippen LogP contribution in [0.4, 0.5) is 0 Å². The fourth-order valence-electron chi connectivity index (χ4n) is 0.766. The topological polar surface area (TPSA) is 0 Å². The van der Waals surface area contributed by atoms with Crippen molar-refractivity contribution in [2.45, 2.75) is 6.92 Å². The first-order valence-electron chi connectivity index (χ1n) is 3.31. The van der Waals surface area contributed by atoms with E-state index in [0.717, 1.165) is 0 Å². The molecule has 0 heterocycles. The Kier molecular flexibility index (Phi) is 4.28. The van der Waals surface area contributed by atoms with Crippen molar-refractivity contribution in [2.75, 3.05) is 6.16 Å². The normalized spacial score (nSPS) is 13.1. The molecule has 0 fully saturated rings. The standard InChI is InChI=1S/C8H10P.Tb/c1-2-9-8-6-4-3-5-7-8;/h3-7H,2H2,1H3;/q-1;+1. The Bertz CT molecular complexity index is 186. The van der Waals surface area contributed by atoms with Crippen molar-refractivity contribution in [3.05, 3.63) is 30.3 Å². The molecule has 0 amide bonds.